The molecule has 0 unspecified atom stereocenters. The molecule has 3 heteroatoms. The molecule has 1 aliphatic carbocycles. The SMILES string of the molecule is CC(C)(C)COC(=O)NC1CCCCC1. The molecule has 88 valence electrons. The molecule has 1 amide bonds. The molecule has 15 heavy (non-hydrogen) atoms. The van der Waals surface area contributed by atoms with E-state index < -0.39 is 0 Å². The van der Waals surface area contributed by atoms with Crippen LogP contribution in [0.3, 0.4) is 0 Å². The van der Waals surface area contributed by atoms with E-state index in [9.17, 15) is 4.79 Å². The third-order valence-electron chi connectivity index (χ3n) is 2.56. The van der Waals surface area contributed by atoms with Gasteiger partial charge >= 0.3 is 6.09 Å². The summed E-state index contributed by atoms with van der Waals surface area (Å²) in [7, 11) is 0. The highest BCUT2D eigenvalue weighted by atomic mass is 16.5. The van der Waals surface area contributed by atoms with Crippen molar-refractivity contribution >= 4 is 6.09 Å². The minimum Gasteiger partial charge on any atom is -0.449 e. The second kappa shape index (κ2) is 5.38. The standard InChI is InChI=1S/C12H23NO2/c1-12(2,3)9-15-11(14)13-10-7-5-4-6-8-10/h10H,4-9H2,1-3H3,(H,13,14). The first-order valence-corrected chi connectivity index (χ1v) is 5.91. The molecular formula is C12H23NO2. The Morgan fingerprint density at radius 1 is 1.27 bits per heavy atom. The van der Waals surface area contributed by atoms with Gasteiger partial charge in [0.05, 0.1) is 6.61 Å². The molecule has 0 radical (unpaired) electrons. The lowest BCUT2D eigenvalue weighted by Crippen LogP contribution is -2.37. The number of rotatable bonds is 2. The van der Waals surface area contributed by atoms with E-state index in [-0.39, 0.29) is 11.5 Å². The van der Waals surface area contributed by atoms with Gasteiger partial charge in [-0.1, -0.05) is 40.0 Å². The Morgan fingerprint density at radius 2 is 1.87 bits per heavy atom. The van der Waals surface area contributed by atoms with Crippen LogP contribution in [0.4, 0.5) is 4.79 Å². The van der Waals surface area contributed by atoms with Crippen LogP contribution in [-0.4, -0.2) is 18.7 Å². The van der Waals surface area contributed by atoms with Crippen molar-refractivity contribution < 1.29 is 9.53 Å². The Morgan fingerprint density at radius 3 is 2.40 bits per heavy atom. The van der Waals surface area contributed by atoms with Crippen molar-refractivity contribution in [3.8, 4) is 0 Å². The van der Waals surface area contributed by atoms with Gasteiger partial charge in [-0.2, -0.15) is 0 Å². The van der Waals surface area contributed by atoms with Crippen LogP contribution in [0.1, 0.15) is 52.9 Å². The summed E-state index contributed by atoms with van der Waals surface area (Å²) in [6, 6.07) is 0.339. The number of alkyl carbamates (subject to hydrolysis) is 1. The summed E-state index contributed by atoms with van der Waals surface area (Å²) >= 11 is 0. The van der Waals surface area contributed by atoms with Crippen LogP contribution in [0.5, 0.6) is 0 Å². The van der Waals surface area contributed by atoms with Crippen molar-refractivity contribution in [2.24, 2.45) is 5.41 Å². The smallest absolute Gasteiger partial charge is 0.407 e. The quantitative estimate of drug-likeness (QED) is 0.765. The molecule has 0 aromatic rings. The molecular weight excluding hydrogens is 190 g/mol. The number of nitrogens with one attached hydrogen (secondary N) is 1. The summed E-state index contributed by atoms with van der Waals surface area (Å²) in [6.07, 6.45) is 5.70. The van der Waals surface area contributed by atoms with Gasteiger partial charge in [-0.15, -0.1) is 0 Å². The second-order valence-electron chi connectivity index (χ2n) is 5.62. The second-order valence-corrected chi connectivity index (χ2v) is 5.62. The summed E-state index contributed by atoms with van der Waals surface area (Å²) in [5.74, 6) is 0. The van der Waals surface area contributed by atoms with Gasteiger partial charge in [-0.05, 0) is 18.3 Å². The number of carbonyl (C=O) groups is 1. The van der Waals surface area contributed by atoms with Gasteiger partial charge in [0.2, 0.25) is 0 Å². The maximum atomic E-state index is 11.4. The number of ether oxygens (including phenoxy) is 1. The molecule has 0 saturated heterocycles. The lowest BCUT2D eigenvalue weighted by Gasteiger charge is -2.24. The predicted octanol–water partition coefficient (Wildman–Crippen LogP) is 3.09. The zero-order chi connectivity index (χ0) is 11.3. The number of carbonyl (C=O) groups excluding carboxylic acids is 1. The van der Waals surface area contributed by atoms with Crippen LogP contribution >= 0.6 is 0 Å². The van der Waals surface area contributed by atoms with Crippen molar-refractivity contribution in [2.45, 2.75) is 58.9 Å². The average molecular weight is 213 g/mol. The number of amides is 1. The Bertz CT molecular complexity index is 202. The Labute approximate surface area is 92.6 Å². The molecule has 1 rings (SSSR count). The van der Waals surface area contributed by atoms with E-state index >= 15 is 0 Å². The number of hydrogen-bond donors (Lipinski definition) is 1. The van der Waals surface area contributed by atoms with Crippen molar-refractivity contribution in [3.63, 3.8) is 0 Å². The van der Waals surface area contributed by atoms with Crippen LogP contribution in [0.25, 0.3) is 0 Å². The molecule has 1 saturated carbocycles. The van der Waals surface area contributed by atoms with Crippen molar-refractivity contribution in [3.05, 3.63) is 0 Å². The Kier molecular flexibility index (Phi) is 4.43. The molecule has 0 aromatic heterocycles. The lowest BCUT2D eigenvalue weighted by atomic mass is 9.96. The summed E-state index contributed by atoms with van der Waals surface area (Å²) in [6.45, 7) is 6.65. The minimum absolute atomic E-state index is 0.0455. The molecule has 0 atom stereocenters. The van der Waals surface area contributed by atoms with Crippen LogP contribution in [0, 0.1) is 5.41 Å². The van der Waals surface area contributed by atoms with Crippen molar-refractivity contribution in [2.75, 3.05) is 6.61 Å². The molecule has 1 fully saturated rings. The van der Waals surface area contributed by atoms with Gasteiger partial charge in [0.15, 0.2) is 0 Å². The van der Waals surface area contributed by atoms with Crippen LogP contribution in [0.2, 0.25) is 0 Å². The minimum atomic E-state index is -0.253. The van der Waals surface area contributed by atoms with Crippen LogP contribution < -0.4 is 5.32 Å². The highest BCUT2D eigenvalue weighted by Crippen LogP contribution is 2.18. The fourth-order valence-electron chi connectivity index (χ4n) is 1.74. The third-order valence-corrected chi connectivity index (χ3v) is 2.56. The monoisotopic (exact) mass is 213 g/mol. The van der Waals surface area contributed by atoms with Gasteiger partial charge in [0.25, 0.3) is 0 Å². The van der Waals surface area contributed by atoms with Crippen molar-refractivity contribution in [1.29, 1.82) is 0 Å². The van der Waals surface area contributed by atoms with E-state index in [0.29, 0.717) is 12.6 Å². The molecule has 1 N–H and O–H groups in total. The summed E-state index contributed by atoms with van der Waals surface area (Å²) in [5.41, 5.74) is 0.0455. The zero-order valence-corrected chi connectivity index (χ0v) is 10.1. The highest BCUT2D eigenvalue weighted by Gasteiger charge is 2.18. The molecule has 1 aliphatic rings. The lowest BCUT2D eigenvalue weighted by molar-refractivity contribution is 0.101. The van der Waals surface area contributed by atoms with Gasteiger partial charge in [0.1, 0.15) is 0 Å². The topological polar surface area (TPSA) is 38.3 Å². The molecule has 0 aromatic carbocycles. The molecule has 0 aliphatic heterocycles. The first-order chi connectivity index (χ1) is 6.97. The largest absolute Gasteiger partial charge is 0.449 e. The Balaban J connectivity index is 2.17. The van der Waals surface area contributed by atoms with Gasteiger partial charge in [-0.3, -0.25) is 0 Å². The average Bonchev–Trinajstić information content (AvgIpc) is 2.15. The molecule has 0 bridgehead atoms. The van der Waals surface area contributed by atoms with Crippen molar-refractivity contribution in [1.82, 2.24) is 5.32 Å². The first kappa shape index (κ1) is 12.3. The van der Waals surface area contributed by atoms with E-state index in [1.165, 1.54) is 19.3 Å². The number of hydrogen-bond acceptors (Lipinski definition) is 2. The van der Waals surface area contributed by atoms with E-state index in [1.807, 2.05) is 0 Å². The van der Waals surface area contributed by atoms with Crippen LogP contribution in [0.15, 0.2) is 0 Å². The Hall–Kier alpha value is -0.730. The normalized spacial score (nSPS) is 18.6. The molecule has 0 heterocycles. The van der Waals surface area contributed by atoms with E-state index in [4.69, 9.17) is 4.74 Å². The van der Waals surface area contributed by atoms with Gasteiger partial charge in [0, 0.05) is 6.04 Å². The van der Waals surface area contributed by atoms with E-state index in [0.717, 1.165) is 12.8 Å². The maximum Gasteiger partial charge on any atom is 0.407 e. The fraction of sp³-hybridized carbons (Fsp3) is 0.917. The zero-order valence-electron chi connectivity index (χ0n) is 10.1. The predicted molar refractivity (Wildman–Crippen MR) is 60.8 cm³/mol. The van der Waals surface area contributed by atoms with Crippen LogP contribution in [-0.2, 0) is 4.74 Å². The first-order valence-electron chi connectivity index (χ1n) is 5.91. The fourth-order valence-corrected chi connectivity index (χ4v) is 1.74. The van der Waals surface area contributed by atoms with E-state index in [2.05, 4.69) is 26.1 Å². The van der Waals surface area contributed by atoms with E-state index in [1.54, 1.807) is 0 Å². The summed E-state index contributed by atoms with van der Waals surface area (Å²) in [4.78, 5) is 11.4. The molecule has 3 nitrogen and oxygen atoms in total. The molecule has 0 spiro atoms. The summed E-state index contributed by atoms with van der Waals surface area (Å²) < 4.78 is 5.16. The summed E-state index contributed by atoms with van der Waals surface area (Å²) in [5, 5.41) is 2.93. The highest BCUT2D eigenvalue weighted by molar-refractivity contribution is 5.67. The van der Waals surface area contributed by atoms with Gasteiger partial charge in [-0.25, -0.2) is 4.79 Å². The third kappa shape index (κ3) is 5.65. The van der Waals surface area contributed by atoms with Gasteiger partial charge < -0.3 is 10.1 Å². The maximum absolute atomic E-state index is 11.4.